The summed E-state index contributed by atoms with van der Waals surface area (Å²) in [6.07, 6.45) is -0.334. The van der Waals surface area contributed by atoms with E-state index in [1.165, 1.54) is 0 Å². The van der Waals surface area contributed by atoms with E-state index in [0.717, 1.165) is 10.0 Å². The highest BCUT2D eigenvalue weighted by atomic mass is 79.9. The molecule has 2 rings (SSSR count). The first kappa shape index (κ1) is 13.4. The predicted octanol–water partition coefficient (Wildman–Crippen LogP) is 2.98. The average Bonchev–Trinajstić information content (AvgIpc) is 2.40. The maximum absolute atomic E-state index is 11.7. The lowest BCUT2D eigenvalue weighted by Crippen LogP contribution is -2.42. The average molecular weight is 314 g/mol. The van der Waals surface area contributed by atoms with E-state index in [9.17, 15) is 4.79 Å². The lowest BCUT2D eigenvalue weighted by Gasteiger charge is -2.32. The van der Waals surface area contributed by atoms with Crippen molar-refractivity contribution in [1.29, 1.82) is 0 Å². The van der Waals surface area contributed by atoms with Crippen molar-refractivity contribution in [3.05, 3.63) is 34.3 Å². The summed E-state index contributed by atoms with van der Waals surface area (Å²) in [5, 5.41) is 0. The Balaban J connectivity index is 2.02. The van der Waals surface area contributed by atoms with E-state index in [1.807, 2.05) is 31.2 Å². The number of hydrogen-bond donors (Lipinski definition) is 0. The molecule has 1 aromatic rings. The first-order valence-electron chi connectivity index (χ1n) is 5.99. The zero-order chi connectivity index (χ0) is 13.0. The summed E-state index contributed by atoms with van der Waals surface area (Å²) in [5.74, 6) is 0. The Morgan fingerprint density at radius 2 is 2.22 bits per heavy atom. The summed E-state index contributed by atoms with van der Waals surface area (Å²) >= 11 is 3.40. The Labute approximate surface area is 115 Å². The third-order valence-electron chi connectivity index (χ3n) is 2.83. The van der Waals surface area contributed by atoms with Crippen LogP contribution in [-0.2, 0) is 9.47 Å². The van der Waals surface area contributed by atoms with E-state index >= 15 is 0 Å². The van der Waals surface area contributed by atoms with Crippen molar-refractivity contribution in [1.82, 2.24) is 4.90 Å². The Morgan fingerprint density at radius 1 is 1.50 bits per heavy atom. The van der Waals surface area contributed by atoms with Crippen molar-refractivity contribution < 1.29 is 14.3 Å². The minimum atomic E-state index is -0.261. The molecule has 0 radical (unpaired) electrons. The number of ether oxygens (including phenoxy) is 2. The summed E-state index contributed by atoms with van der Waals surface area (Å²) in [7, 11) is 0. The molecule has 1 saturated heterocycles. The van der Waals surface area contributed by atoms with Gasteiger partial charge in [-0.2, -0.15) is 0 Å². The van der Waals surface area contributed by atoms with Crippen LogP contribution in [0.15, 0.2) is 28.7 Å². The molecule has 0 bridgehead atoms. The highest BCUT2D eigenvalue weighted by Crippen LogP contribution is 2.24. The molecule has 4 nitrogen and oxygen atoms in total. The van der Waals surface area contributed by atoms with Crippen molar-refractivity contribution in [2.75, 3.05) is 26.3 Å². The fourth-order valence-electron chi connectivity index (χ4n) is 1.91. The van der Waals surface area contributed by atoms with E-state index in [1.54, 1.807) is 4.90 Å². The molecule has 0 spiro atoms. The zero-order valence-corrected chi connectivity index (χ0v) is 11.9. The van der Waals surface area contributed by atoms with E-state index in [-0.39, 0.29) is 12.2 Å². The molecule has 1 aromatic carbocycles. The van der Waals surface area contributed by atoms with Gasteiger partial charge >= 0.3 is 6.09 Å². The van der Waals surface area contributed by atoms with E-state index in [4.69, 9.17) is 9.47 Å². The van der Waals surface area contributed by atoms with Crippen LogP contribution in [0.3, 0.4) is 0 Å². The van der Waals surface area contributed by atoms with E-state index in [0.29, 0.717) is 26.3 Å². The number of rotatable bonds is 2. The maximum Gasteiger partial charge on any atom is 0.409 e. The first-order valence-corrected chi connectivity index (χ1v) is 6.78. The van der Waals surface area contributed by atoms with Gasteiger partial charge in [0.2, 0.25) is 0 Å². The molecule has 1 atom stereocenters. The largest absolute Gasteiger partial charge is 0.450 e. The normalized spacial score (nSPS) is 19.7. The molecule has 0 N–H and O–H groups in total. The third-order valence-corrected chi connectivity index (χ3v) is 3.36. The molecule has 0 unspecified atom stereocenters. The number of hydrogen-bond acceptors (Lipinski definition) is 3. The van der Waals surface area contributed by atoms with Gasteiger partial charge in [-0.25, -0.2) is 4.79 Å². The van der Waals surface area contributed by atoms with Crippen molar-refractivity contribution in [3.63, 3.8) is 0 Å². The summed E-state index contributed by atoms with van der Waals surface area (Å²) in [6.45, 7) is 3.88. The minimum absolute atomic E-state index is 0.0729. The number of benzene rings is 1. The van der Waals surface area contributed by atoms with Gasteiger partial charge < -0.3 is 14.4 Å². The van der Waals surface area contributed by atoms with Crippen LogP contribution < -0.4 is 0 Å². The molecule has 98 valence electrons. The second kappa shape index (κ2) is 6.20. The molecule has 18 heavy (non-hydrogen) atoms. The molecule has 5 heteroatoms. The Hall–Kier alpha value is -1.07. The second-order valence-electron chi connectivity index (χ2n) is 4.06. The smallest absolute Gasteiger partial charge is 0.409 e. The fraction of sp³-hybridized carbons (Fsp3) is 0.462. The van der Waals surface area contributed by atoms with Crippen LogP contribution in [0.1, 0.15) is 18.6 Å². The second-order valence-corrected chi connectivity index (χ2v) is 4.97. The first-order chi connectivity index (χ1) is 8.70. The zero-order valence-electron chi connectivity index (χ0n) is 10.3. The molecular weight excluding hydrogens is 298 g/mol. The van der Waals surface area contributed by atoms with Gasteiger partial charge in [-0.15, -0.1) is 0 Å². The quantitative estimate of drug-likeness (QED) is 0.842. The molecule has 1 fully saturated rings. The number of nitrogens with zero attached hydrogens (tertiary/aromatic N) is 1. The van der Waals surface area contributed by atoms with Gasteiger partial charge in [0.15, 0.2) is 0 Å². The van der Waals surface area contributed by atoms with E-state index < -0.39 is 0 Å². The lowest BCUT2D eigenvalue weighted by atomic mass is 10.1. The number of carbonyl (C=O) groups excluding carboxylic acids is 1. The molecule has 1 aliphatic rings. The molecule has 1 heterocycles. The molecule has 0 saturated carbocycles. The fourth-order valence-corrected chi connectivity index (χ4v) is 2.17. The Bertz CT molecular complexity index is 407. The molecule has 0 aromatic heterocycles. The topological polar surface area (TPSA) is 38.8 Å². The number of morpholine rings is 1. The van der Waals surface area contributed by atoms with Crippen molar-refractivity contribution in [2.45, 2.75) is 13.0 Å². The predicted molar refractivity (Wildman–Crippen MR) is 71.4 cm³/mol. The van der Waals surface area contributed by atoms with Crippen LogP contribution >= 0.6 is 15.9 Å². The highest BCUT2D eigenvalue weighted by Gasteiger charge is 2.25. The number of halogens is 1. The highest BCUT2D eigenvalue weighted by molar-refractivity contribution is 9.10. The van der Waals surface area contributed by atoms with Gasteiger partial charge in [0.05, 0.1) is 19.8 Å². The van der Waals surface area contributed by atoms with Crippen molar-refractivity contribution in [3.8, 4) is 0 Å². The third kappa shape index (κ3) is 3.23. The molecule has 0 aliphatic carbocycles. The van der Waals surface area contributed by atoms with Crippen LogP contribution in [0.4, 0.5) is 4.79 Å². The van der Waals surface area contributed by atoms with Gasteiger partial charge in [-0.05, 0) is 24.6 Å². The van der Waals surface area contributed by atoms with Gasteiger partial charge in [-0.1, -0.05) is 28.1 Å². The van der Waals surface area contributed by atoms with Crippen LogP contribution in [0.2, 0.25) is 0 Å². The van der Waals surface area contributed by atoms with Gasteiger partial charge in [0.1, 0.15) is 6.10 Å². The van der Waals surface area contributed by atoms with Crippen LogP contribution in [-0.4, -0.2) is 37.3 Å². The van der Waals surface area contributed by atoms with Crippen LogP contribution in [0, 0.1) is 0 Å². The van der Waals surface area contributed by atoms with Crippen molar-refractivity contribution in [2.24, 2.45) is 0 Å². The standard InChI is InChI=1S/C13H16BrNO3/c1-2-17-13(16)15-7-8-18-12(9-15)10-3-5-11(14)6-4-10/h3-6,12H,2,7-9H2,1H3/t12-/m1/s1. The minimum Gasteiger partial charge on any atom is -0.450 e. The van der Waals surface area contributed by atoms with Gasteiger partial charge in [-0.3, -0.25) is 0 Å². The summed E-state index contributed by atoms with van der Waals surface area (Å²) < 4.78 is 11.7. The molecular formula is C13H16BrNO3. The Morgan fingerprint density at radius 3 is 2.89 bits per heavy atom. The monoisotopic (exact) mass is 313 g/mol. The molecule has 1 aliphatic heterocycles. The van der Waals surface area contributed by atoms with Gasteiger partial charge in [0.25, 0.3) is 0 Å². The lowest BCUT2D eigenvalue weighted by molar-refractivity contribution is -0.0279. The van der Waals surface area contributed by atoms with E-state index in [2.05, 4.69) is 15.9 Å². The summed E-state index contributed by atoms with van der Waals surface area (Å²) in [5.41, 5.74) is 1.08. The van der Waals surface area contributed by atoms with Crippen molar-refractivity contribution >= 4 is 22.0 Å². The molecule has 1 amide bonds. The SMILES string of the molecule is CCOC(=O)N1CCO[C@@H](c2ccc(Br)cc2)C1. The van der Waals surface area contributed by atoms with Crippen LogP contribution in [0.5, 0.6) is 0 Å². The Kier molecular flexibility index (Phi) is 4.60. The van der Waals surface area contributed by atoms with Crippen LogP contribution in [0.25, 0.3) is 0 Å². The number of carbonyl (C=O) groups is 1. The summed E-state index contributed by atoms with van der Waals surface area (Å²) in [6, 6.07) is 7.96. The number of amides is 1. The maximum atomic E-state index is 11.7. The summed E-state index contributed by atoms with van der Waals surface area (Å²) in [4.78, 5) is 13.4. The van der Waals surface area contributed by atoms with Gasteiger partial charge in [0, 0.05) is 11.0 Å².